The van der Waals surface area contributed by atoms with Crippen LogP contribution >= 0.6 is 0 Å². The lowest BCUT2D eigenvalue weighted by Gasteiger charge is -2.21. The number of nitrogens with one attached hydrogen (secondary N) is 1. The maximum Gasteiger partial charge on any atom is 0.416 e. The van der Waals surface area contributed by atoms with Crippen molar-refractivity contribution in [3.05, 3.63) is 58.7 Å². The summed E-state index contributed by atoms with van der Waals surface area (Å²) in [7, 11) is 0. The van der Waals surface area contributed by atoms with Crippen LogP contribution in [0.1, 0.15) is 27.0 Å². The molecule has 2 aliphatic heterocycles. The smallest absolute Gasteiger partial charge is 0.416 e. The van der Waals surface area contributed by atoms with Gasteiger partial charge in [-0.3, -0.25) is 9.79 Å². The number of aliphatic imine (C=N–C) groups is 1. The molecule has 5 nitrogen and oxygen atoms in total. The lowest BCUT2D eigenvalue weighted by Crippen LogP contribution is -2.17. The summed E-state index contributed by atoms with van der Waals surface area (Å²) in [5.74, 6) is -2.04. The molecule has 0 spiro atoms. The molecule has 2 heterocycles. The third-order valence-electron chi connectivity index (χ3n) is 4.35. The Kier molecular flexibility index (Phi) is 3.69. The molecule has 2 aliphatic rings. The predicted octanol–water partition coefficient (Wildman–Crippen LogP) is 3.82. The van der Waals surface area contributed by atoms with E-state index in [0.717, 1.165) is 0 Å². The molecule has 0 atom stereocenters. The first kappa shape index (κ1) is 17.1. The number of nitrogens with two attached hydrogens (primary N) is 1. The first-order valence-corrected chi connectivity index (χ1v) is 7.76. The number of primary amides is 1. The van der Waals surface area contributed by atoms with Crippen LogP contribution < -0.4 is 15.8 Å². The zero-order valence-corrected chi connectivity index (χ0v) is 13.5. The van der Waals surface area contributed by atoms with Crippen LogP contribution in [0.4, 0.5) is 23.2 Å². The van der Waals surface area contributed by atoms with Crippen LogP contribution in [0.2, 0.25) is 0 Å². The van der Waals surface area contributed by atoms with E-state index in [4.69, 9.17) is 10.5 Å². The lowest BCUT2D eigenvalue weighted by molar-refractivity contribution is -0.137. The number of carbonyl (C=O) groups is 1. The number of alkyl halides is 3. The number of halogens is 4. The van der Waals surface area contributed by atoms with Crippen molar-refractivity contribution in [2.45, 2.75) is 12.7 Å². The topological polar surface area (TPSA) is 76.7 Å². The van der Waals surface area contributed by atoms with Crippen molar-refractivity contribution in [3.63, 3.8) is 0 Å². The second-order valence-electron chi connectivity index (χ2n) is 5.97. The molecular formula is C18H11F4N3O2. The van der Waals surface area contributed by atoms with Crippen LogP contribution in [-0.4, -0.2) is 12.1 Å². The third-order valence-corrected chi connectivity index (χ3v) is 4.35. The van der Waals surface area contributed by atoms with Gasteiger partial charge in [-0.05, 0) is 29.3 Å². The minimum Gasteiger partial charge on any atom is -0.461 e. The van der Waals surface area contributed by atoms with Crippen LogP contribution in [0.15, 0.2) is 35.7 Å². The molecule has 4 rings (SSSR count). The van der Waals surface area contributed by atoms with E-state index in [0.29, 0.717) is 34.7 Å². The number of carbonyl (C=O) groups excluding carboxylic acids is 1. The molecule has 0 aliphatic carbocycles. The molecule has 0 fully saturated rings. The van der Waals surface area contributed by atoms with Gasteiger partial charge in [0.2, 0.25) is 5.91 Å². The van der Waals surface area contributed by atoms with Gasteiger partial charge < -0.3 is 15.8 Å². The van der Waals surface area contributed by atoms with E-state index in [1.165, 1.54) is 12.3 Å². The number of ether oxygens (including phenoxy) is 1. The number of hydrogen-bond donors (Lipinski definition) is 2. The summed E-state index contributed by atoms with van der Waals surface area (Å²) >= 11 is 0. The number of rotatable bonds is 2. The number of nitrogens with zero attached hydrogens (tertiary/aromatic N) is 1. The number of fused-ring (bicyclic) bond motifs is 3. The molecule has 2 aromatic rings. The van der Waals surface area contributed by atoms with Gasteiger partial charge in [-0.1, -0.05) is 0 Å². The molecule has 138 valence electrons. The Morgan fingerprint density at radius 3 is 2.74 bits per heavy atom. The van der Waals surface area contributed by atoms with Crippen LogP contribution in [0.25, 0.3) is 11.1 Å². The summed E-state index contributed by atoms with van der Waals surface area (Å²) in [6.45, 7) is 0.183. The second kappa shape index (κ2) is 5.83. The van der Waals surface area contributed by atoms with Crippen molar-refractivity contribution < 1.29 is 27.1 Å². The minimum absolute atomic E-state index is 0.183. The van der Waals surface area contributed by atoms with Gasteiger partial charge in [0.05, 0.1) is 23.4 Å². The Bertz CT molecular complexity index is 1040. The summed E-state index contributed by atoms with van der Waals surface area (Å²) in [6, 6.07) is 2.36. The summed E-state index contributed by atoms with van der Waals surface area (Å²) in [6.07, 6.45) is -0.341. The van der Waals surface area contributed by atoms with Gasteiger partial charge in [0, 0.05) is 23.5 Å². The van der Waals surface area contributed by atoms with Gasteiger partial charge in [0.15, 0.2) is 5.75 Å². The lowest BCUT2D eigenvalue weighted by atomic mass is 9.90. The first-order chi connectivity index (χ1) is 12.8. The van der Waals surface area contributed by atoms with E-state index in [9.17, 15) is 22.4 Å². The maximum atomic E-state index is 14.8. The predicted molar refractivity (Wildman–Crippen MR) is 90.0 cm³/mol. The molecule has 27 heavy (non-hydrogen) atoms. The summed E-state index contributed by atoms with van der Waals surface area (Å²) in [5, 5.41) is 2.99. The van der Waals surface area contributed by atoms with Crippen LogP contribution in [0, 0.1) is 5.82 Å². The molecule has 0 saturated carbocycles. The number of hydrogen-bond acceptors (Lipinski definition) is 4. The number of benzene rings is 2. The molecule has 2 aromatic carbocycles. The number of amides is 1. The molecule has 0 aromatic heterocycles. The quantitative estimate of drug-likeness (QED) is 0.782. The Labute approximate surface area is 150 Å². The van der Waals surface area contributed by atoms with Gasteiger partial charge in [0.25, 0.3) is 0 Å². The normalized spacial score (nSPS) is 14.4. The van der Waals surface area contributed by atoms with Crippen molar-refractivity contribution >= 4 is 17.8 Å². The molecule has 9 heteroatoms. The largest absolute Gasteiger partial charge is 0.461 e. The van der Waals surface area contributed by atoms with E-state index in [1.807, 2.05) is 0 Å². The molecule has 1 amide bonds. The summed E-state index contributed by atoms with van der Waals surface area (Å²) in [4.78, 5) is 16.0. The summed E-state index contributed by atoms with van der Waals surface area (Å²) in [5.41, 5.74) is 5.08. The van der Waals surface area contributed by atoms with E-state index in [2.05, 4.69) is 10.3 Å². The average Bonchev–Trinajstić information content (AvgIpc) is 3.09. The van der Waals surface area contributed by atoms with E-state index in [-0.39, 0.29) is 17.7 Å². The average molecular weight is 377 g/mol. The second-order valence-corrected chi connectivity index (χ2v) is 5.97. The van der Waals surface area contributed by atoms with E-state index >= 15 is 0 Å². The van der Waals surface area contributed by atoms with Gasteiger partial charge >= 0.3 is 6.18 Å². The molecular weight excluding hydrogens is 366 g/mol. The van der Waals surface area contributed by atoms with Gasteiger partial charge in [-0.15, -0.1) is 0 Å². The zero-order valence-electron chi connectivity index (χ0n) is 13.5. The number of anilines is 1. The van der Waals surface area contributed by atoms with Gasteiger partial charge in [-0.2, -0.15) is 13.2 Å². The van der Waals surface area contributed by atoms with Crippen LogP contribution in [0.3, 0.4) is 0 Å². The van der Waals surface area contributed by atoms with Crippen molar-refractivity contribution in [1.82, 2.24) is 0 Å². The van der Waals surface area contributed by atoms with Gasteiger partial charge in [0.1, 0.15) is 12.1 Å². The fourth-order valence-electron chi connectivity index (χ4n) is 3.19. The van der Waals surface area contributed by atoms with Crippen molar-refractivity contribution in [3.8, 4) is 16.9 Å². The van der Waals surface area contributed by atoms with Crippen molar-refractivity contribution in [2.24, 2.45) is 10.7 Å². The van der Waals surface area contributed by atoms with E-state index in [1.54, 1.807) is 12.4 Å². The van der Waals surface area contributed by atoms with Crippen LogP contribution in [0.5, 0.6) is 5.75 Å². The molecule has 0 saturated heterocycles. The minimum atomic E-state index is -4.82. The monoisotopic (exact) mass is 377 g/mol. The highest BCUT2D eigenvalue weighted by atomic mass is 19.4. The Morgan fingerprint density at radius 1 is 1.26 bits per heavy atom. The Morgan fingerprint density at radius 2 is 2.04 bits per heavy atom. The standard InChI is InChI=1S/C18H11F4N3O2/c19-13-4-8(18(20,21)22)3-10(17(23)26)15(13)9-5-14-16(25-1-2-27-14)12-7-24-6-11(9)12/h1-5,7,25H,6H2,(H2,23,26). The first-order valence-electron chi connectivity index (χ1n) is 7.76. The Hall–Kier alpha value is -3.36. The van der Waals surface area contributed by atoms with E-state index < -0.39 is 29.0 Å². The fourth-order valence-corrected chi connectivity index (χ4v) is 3.19. The van der Waals surface area contributed by atoms with Crippen molar-refractivity contribution in [2.75, 3.05) is 5.32 Å². The molecule has 3 N–H and O–H groups in total. The van der Waals surface area contributed by atoms with Crippen molar-refractivity contribution in [1.29, 1.82) is 0 Å². The fraction of sp³-hybridized carbons (Fsp3) is 0.111. The van der Waals surface area contributed by atoms with Crippen LogP contribution in [-0.2, 0) is 12.7 Å². The highest BCUT2D eigenvalue weighted by Crippen LogP contribution is 2.44. The maximum absolute atomic E-state index is 14.8. The molecule has 0 radical (unpaired) electrons. The molecule has 0 bridgehead atoms. The summed E-state index contributed by atoms with van der Waals surface area (Å²) < 4.78 is 59.2. The van der Waals surface area contributed by atoms with Gasteiger partial charge in [-0.25, -0.2) is 4.39 Å². The SMILES string of the molecule is NC(=O)c1cc(C(F)(F)F)cc(F)c1-c1cc2c(c3c1CN=C3)NC=CO2. The molecule has 0 unspecified atom stereocenters. The third kappa shape index (κ3) is 2.71. The Balaban J connectivity index is 2.01. The highest BCUT2D eigenvalue weighted by molar-refractivity contribution is 6.04. The zero-order chi connectivity index (χ0) is 19.3. The highest BCUT2D eigenvalue weighted by Gasteiger charge is 2.34.